The minimum absolute atomic E-state index is 0.130. The van der Waals surface area contributed by atoms with Crippen LogP contribution in [-0.4, -0.2) is 13.2 Å². The third kappa shape index (κ3) is 1.61. The van der Waals surface area contributed by atoms with E-state index in [1.54, 1.807) is 12.1 Å². The zero-order valence-corrected chi connectivity index (χ0v) is 6.87. The SMILES string of the molecule is [B]Oc1ccc(C(=C)C)c(O)c1. The molecule has 0 amide bonds. The van der Waals surface area contributed by atoms with Gasteiger partial charge in [0.2, 0.25) is 0 Å². The van der Waals surface area contributed by atoms with E-state index in [1.807, 2.05) is 6.92 Å². The second-order valence-corrected chi connectivity index (χ2v) is 2.58. The molecule has 1 aromatic carbocycles. The number of allylic oxidation sites excluding steroid dienone is 1. The molecular weight excluding hydrogens is 151 g/mol. The van der Waals surface area contributed by atoms with Gasteiger partial charge in [-0.3, -0.25) is 0 Å². The summed E-state index contributed by atoms with van der Waals surface area (Å²) in [7, 11) is 4.91. The molecule has 12 heavy (non-hydrogen) atoms. The van der Waals surface area contributed by atoms with Gasteiger partial charge < -0.3 is 9.76 Å². The lowest BCUT2D eigenvalue weighted by Gasteiger charge is -2.05. The fourth-order valence-corrected chi connectivity index (χ4v) is 0.946. The van der Waals surface area contributed by atoms with Crippen LogP contribution in [0.2, 0.25) is 0 Å². The van der Waals surface area contributed by atoms with Crippen molar-refractivity contribution in [2.45, 2.75) is 6.92 Å². The molecule has 3 heteroatoms. The van der Waals surface area contributed by atoms with Crippen molar-refractivity contribution in [1.82, 2.24) is 0 Å². The van der Waals surface area contributed by atoms with Gasteiger partial charge in [-0.2, -0.15) is 0 Å². The van der Waals surface area contributed by atoms with Gasteiger partial charge in [-0.1, -0.05) is 6.58 Å². The Morgan fingerprint density at radius 2 is 2.25 bits per heavy atom. The van der Waals surface area contributed by atoms with E-state index >= 15 is 0 Å². The Morgan fingerprint density at radius 1 is 1.58 bits per heavy atom. The van der Waals surface area contributed by atoms with Crippen molar-refractivity contribution >= 4 is 13.6 Å². The molecule has 0 atom stereocenters. The molecule has 0 aromatic heterocycles. The Kier molecular flexibility index (Phi) is 2.43. The quantitative estimate of drug-likeness (QED) is 0.669. The summed E-state index contributed by atoms with van der Waals surface area (Å²) in [5.41, 5.74) is 1.51. The van der Waals surface area contributed by atoms with Crippen molar-refractivity contribution in [2.75, 3.05) is 0 Å². The minimum atomic E-state index is 0.130. The zero-order chi connectivity index (χ0) is 9.14. The molecule has 1 rings (SSSR count). The van der Waals surface area contributed by atoms with Crippen molar-refractivity contribution in [3.63, 3.8) is 0 Å². The summed E-state index contributed by atoms with van der Waals surface area (Å²) in [5.74, 6) is 0.558. The largest absolute Gasteiger partial charge is 0.568 e. The molecule has 0 spiro atoms. The summed E-state index contributed by atoms with van der Waals surface area (Å²) < 4.78 is 4.44. The maximum atomic E-state index is 9.40. The molecule has 2 radical (unpaired) electrons. The number of phenolic OH excluding ortho intramolecular Hbond substituents is 1. The van der Waals surface area contributed by atoms with Crippen LogP contribution in [-0.2, 0) is 0 Å². The Morgan fingerprint density at radius 3 is 2.67 bits per heavy atom. The van der Waals surface area contributed by atoms with Crippen LogP contribution in [0.3, 0.4) is 0 Å². The Hall–Kier alpha value is -1.38. The van der Waals surface area contributed by atoms with E-state index in [0.717, 1.165) is 5.57 Å². The van der Waals surface area contributed by atoms with Crippen molar-refractivity contribution < 1.29 is 9.76 Å². The first kappa shape index (κ1) is 8.72. The maximum absolute atomic E-state index is 9.40. The summed E-state index contributed by atoms with van der Waals surface area (Å²) in [5, 5.41) is 9.40. The average Bonchev–Trinajstić information content (AvgIpc) is 2.03. The van der Waals surface area contributed by atoms with Gasteiger partial charge in [0, 0.05) is 11.6 Å². The summed E-state index contributed by atoms with van der Waals surface area (Å²) >= 11 is 0. The van der Waals surface area contributed by atoms with Crippen molar-refractivity contribution in [3.8, 4) is 11.5 Å². The number of hydrogen-bond acceptors (Lipinski definition) is 2. The highest BCUT2D eigenvalue weighted by Crippen LogP contribution is 2.27. The molecule has 1 aromatic rings. The monoisotopic (exact) mass is 160 g/mol. The standard InChI is InChI=1S/C9H9BO2/c1-6(2)8-4-3-7(12-10)5-9(8)11/h3-5,11H,1H2,2H3. The van der Waals surface area contributed by atoms with Gasteiger partial charge in [0.05, 0.1) is 0 Å². The van der Waals surface area contributed by atoms with Gasteiger partial charge in [-0.25, -0.2) is 0 Å². The molecule has 0 aliphatic rings. The normalized spacial score (nSPS) is 9.42. The lowest BCUT2D eigenvalue weighted by Crippen LogP contribution is -1.86. The molecule has 0 aliphatic heterocycles. The van der Waals surface area contributed by atoms with Gasteiger partial charge in [0.25, 0.3) is 0 Å². The first-order chi connectivity index (χ1) is 5.65. The molecule has 0 fully saturated rings. The molecule has 0 aliphatic carbocycles. The van der Waals surface area contributed by atoms with Crippen LogP contribution in [0.4, 0.5) is 0 Å². The Balaban J connectivity index is 3.12. The van der Waals surface area contributed by atoms with E-state index in [4.69, 9.17) is 8.05 Å². The van der Waals surface area contributed by atoms with Gasteiger partial charge in [0.1, 0.15) is 11.5 Å². The fraction of sp³-hybridized carbons (Fsp3) is 0.111. The molecule has 60 valence electrons. The number of phenols is 1. The smallest absolute Gasteiger partial charge is 0.374 e. The van der Waals surface area contributed by atoms with E-state index in [0.29, 0.717) is 11.3 Å². The molecule has 0 saturated carbocycles. The third-order valence-corrected chi connectivity index (χ3v) is 1.57. The molecule has 1 N–H and O–H groups in total. The van der Waals surface area contributed by atoms with E-state index in [1.165, 1.54) is 6.07 Å². The topological polar surface area (TPSA) is 29.5 Å². The highest BCUT2D eigenvalue weighted by Gasteiger charge is 2.01. The summed E-state index contributed by atoms with van der Waals surface area (Å²) in [6.07, 6.45) is 0. The fourth-order valence-electron chi connectivity index (χ4n) is 0.946. The lowest BCUT2D eigenvalue weighted by atomic mass is 10.1. The number of rotatable bonds is 2. The van der Waals surface area contributed by atoms with Crippen molar-refractivity contribution in [1.29, 1.82) is 0 Å². The number of benzene rings is 1. The van der Waals surface area contributed by atoms with Crippen molar-refractivity contribution in [2.24, 2.45) is 0 Å². The highest BCUT2D eigenvalue weighted by atomic mass is 16.4. The van der Waals surface area contributed by atoms with Gasteiger partial charge >= 0.3 is 8.05 Å². The summed E-state index contributed by atoms with van der Waals surface area (Å²) in [6.45, 7) is 5.53. The maximum Gasteiger partial charge on any atom is 0.374 e. The van der Waals surface area contributed by atoms with Crippen LogP contribution in [0.15, 0.2) is 24.8 Å². The summed E-state index contributed by atoms with van der Waals surface area (Å²) in [6, 6.07) is 4.83. The Labute approximate surface area is 72.9 Å². The van der Waals surface area contributed by atoms with E-state index in [2.05, 4.69) is 11.2 Å². The molecule has 0 bridgehead atoms. The first-order valence-electron chi connectivity index (χ1n) is 3.51. The predicted octanol–water partition coefficient (Wildman–Crippen LogP) is 1.89. The van der Waals surface area contributed by atoms with Crippen LogP contribution >= 0.6 is 0 Å². The van der Waals surface area contributed by atoms with Crippen LogP contribution in [0.1, 0.15) is 12.5 Å². The zero-order valence-electron chi connectivity index (χ0n) is 6.87. The molecule has 0 unspecified atom stereocenters. The lowest BCUT2D eigenvalue weighted by molar-refractivity contribution is 0.469. The first-order valence-corrected chi connectivity index (χ1v) is 3.51. The van der Waals surface area contributed by atoms with Gasteiger partial charge in [-0.15, -0.1) is 0 Å². The molecule has 2 nitrogen and oxygen atoms in total. The van der Waals surface area contributed by atoms with Crippen LogP contribution in [0.5, 0.6) is 11.5 Å². The van der Waals surface area contributed by atoms with Gasteiger partial charge in [-0.05, 0) is 24.6 Å². The average molecular weight is 160 g/mol. The molecular formula is C9H9BO2. The number of aromatic hydroxyl groups is 1. The Bertz CT molecular complexity index is 307. The van der Waals surface area contributed by atoms with Gasteiger partial charge in [0.15, 0.2) is 0 Å². The van der Waals surface area contributed by atoms with E-state index in [9.17, 15) is 5.11 Å². The summed E-state index contributed by atoms with van der Waals surface area (Å²) in [4.78, 5) is 0. The molecule has 0 heterocycles. The minimum Gasteiger partial charge on any atom is -0.568 e. The van der Waals surface area contributed by atoms with E-state index < -0.39 is 0 Å². The van der Waals surface area contributed by atoms with Crippen LogP contribution in [0.25, 0.3) is 5.57 Å². The van der Waals surface area contributed by atoms with Crippen LogP contribution in [0, 0.1) is 0 Å². The second kappa shape index (κ2) is 3.35. The predicted molar refractivity (Wildman–Crippen MR) is 49.2 cm³/mol. The number of hydrogen-bond donors (Lipinski definition) is 1. The van der Waals surface area contributed by atoms with E-state index in [-0.39, 0.29) is 5.75 Å². The second-order valence-electron chi connectivity index (χ2n) is 2.58. The third-order valence-electron chi connectivity index (χ3n) is 1.57. The highest BCUT2D eigenvalue weighted by molar-refractivity contribution is 6.00. The van der Waals surface area contributed by atoms with Crippen LogP contribution < -0.4 is 4.65 Å². The van der Waals surface area contributed by atoms with Crippen molar-refractivity contribution in [3.05, 3.63) is 30.3 Å². The molecule has 0 saturated heterocycles.